The third-order valence-electron chi connectivity index (χ3n) is 4.28. The molecule has 0 fully saturated rings. The lowest BCUT2D eigenvalue weighted by atomic mass is 10.0. The molecule has 24 heavy (non-hydrogen) atoms. The maximum absolute atomic E-state index is 12.0. The normalized spacial score (nSPS) is 11.0. The molecule has 3 aromatic rings. The molecule has 0 aliphatic rings. The Labute approximate surface area is 146 Å². The van der Waals surface area contributed by atoms with E-state index in [2.05, 4.69) is 18.0 Å². The van der Waals surface area contributed by atoms with Gasteiger partial charge < -0.3 is 9.47 Å². The van der Waals surface area contributed by atoms with Crippen molar-refractivity contribution in [2.24, 2.45) is 0 Å². The third kappa shape index (κ3) is 3.15. The summed E-state index contributed by atoms with van der Waals surface area (Å²) in [6.07, 6.45) is 4.41. The Morgan fingerprint density at radius 3 is 2.75 bits per heavy atom. The zero-order valence-corrected chi connectivity index (χ0v) is 14.8. The van der Waals surface area contributed by atoms with Crippen molar-refractivity contribution in [2.75, 3.05) is 14.1 Å². The van der Waals surface area contributed by atoms with Crippen LogP contribution >= 0.6 is 11.6 Å². The lowest BCUT2D eigenvalue weighted by Crippen LogP contribution is -2.25. The minimum Gasteiger partial charge on any atom is -0.347 e. The SMILES string of the molecule is Cc1cccc(Cl)c1Cc1nccc2c1ccn2CC(=O)N(C)C. The zero-order valence-electron chi connectivity index (χ0n) is 14.1. The van der Waals surface area contributed by atoms with Gasteiger partial charge in [-0.25, -0.2) is 0 Å². The molecule has 0 saturated carbocycles. The first-order valence-corrected chi connectivity index (χ1v) is 8.22. The van der Waals surface area contributed by atoms with E-state index in [1.807, 2.05) is 35.0 Å². The van der Waals surface area contributed by atoms with Gasteiger partial charge in [0.15, 0.2) is 0 Å². The number of amides is 1. The Morgan fingerprint density at radius 1 is 1.25 bits per heavy atom. The van der Waals surface area contributed by atoms with Gasteiger partial charge in [0, 0.05) is 43.3 Å². The van der Waals surface area contributed by atoms with E-state index >= 15 is 0 Å². The summed E-state index contributed by atoms with van der Waals surface area (Å²) in [7, 11) is 3.53. The summed E-state index contributed by atoms with van der Waals surface area (Å²) in [5.41, 5.74) is 4.24. The summed E-state index contributed by atoms with van der Waals surface area (Å²) in [6, 6.07) is 9.89. The summed E-state index contributed by atoms with van der Waals surface area (Å²) in [5.74, 6) is 0.0628. The fourth-order valence-corrected chi connectivity index (χ4v) is 3.09. The number of fused-ring (bicyclic) bond motifs is 1. The van der Waals surface area contributed by atoms with E-state index in [1.54, 1.807) is 25.2 Å². The standard InChI is InChI=1S/C19H20ClN3O/c1-13-5-4-6-16(20)15(13)11-17-14-8-10-23(12-19(24)22(2)3)18(14)7-9-21-17/h4-10H,11-12H2,1-3H3. The first kappa shape index (κ1) is 16.5. The van der Waals surface area contributed by atoms with Gasteiger partial charge >= 0.3 is 0 Å². The molecule has 0 saturated heterocycles. The molecule has 0 bridgehead atoms. The van der Waals surface area contributed by atoms with Crippen LogP contribution in [0.15, 0.2) is 42.7 Å². The molecule has 0 atom stereocenters. The maximum Gasteiger partial charge on any atom is 0.241 e. The minimum atomic E-state index is 0.0628. The molecule has 5 heteroatoms. The number of carbonyl (C=O) groups is 1. The van der Waals surface area contributed by atoms with Crippen LogP contribution in [0.25, 0.3) is 10.9 Å². The van der Waals surface area contributed by atoms with Gasteiger partial charge in [-0.15, -0.1) is 0 Å². The Morgan fingerprint density at radius 2 is 2.04 bits per heavy atom. The molecule has 0 radical (unpaired) electrons. The molecule has 0 N–H and O–H groups in total. The number of rotatable bonds is 4. The van der Waals surface area contributed by atoms with Crippen molar-refractivity contribution >= 4 is 28.4 Å². The van der Waals surface area contributed by atoms with Gasteiger partial charge in [0.05, 0.1) is 11.2 Å². The lowest BCUT2D eigenvalue weighted by molar-refractivity contribution is -0.129. The van der Waals surface area contributed by atoms with Crippen LogP contribution in [0.4, 0.5) is 0 Å². The van der Waals surface area contributed by atoms with Crippen molar-refractivity contribution in [3.8, 4) is 0 Å². The van der Waals surface area contributed by atoms with Crippen LogP contribution in [0.1, 0.15) is 16.8 Å². The highest BCUT2D eigenvalue weighted by molar-refractivity contribution is 6.31. The van der Waals surface area contributed by atoms with Crippen LogP contribution in [0, 0.1) is 6.92 Å². The van der Waals surface area contributed by atoms with E-state index in [9.17, 15) is 4.79 Å². The van der Waals surface area contributed by atoms with E-state index in [0.29, 0.717) is 13.0 Å². The highest BCUT2D eigenvalue weighted by atomic mass is 35.5. The van der Waals surface area contributed by atoms with Crippen LogP contribution in [0.2, 0.25) is 5.02 Å². The van der Waals surface area contributed by atoms with E-state index in [-0.39, 0.29) is 5.91 Å². The second-order valence-corrected chi connectivity index (χ2v) is 6.54. The van der Waals surface area contributed by atoms with Gasteiger partial charge in [0.2, 0.25) is 5.91 Å². The third-order valence-corrected chi connectivity index (χ3v) is 4.64. The van der Waals surface area contributed by atoms with Crippen LogP contribution in [-0.2, 0) is 17.8 Å². The first-order chi connectivity index (χ1) is 11.5. The molecule has 0 aliphatic carbocycles. The van der Waals surface area contributed by atoms with Gasteiger partial charge in [-0.05, 0) is 36.2 Å². The molecular formula is C19H20ClN3O. The summed E-state index contributed by atoms with van der Waals surface area (Å²) in [6.45, 7) is 2.38. The molecule has 4 nitrogen and oxygen atoms in total. The van der Waals surface area contributed by atoms with Gasteiger partial charge in [0.1, 0.15) is 6.54 Å². The molecular weight excluding hydrogens is 322 g/mol. The van der Waals surface area contributed by atoms with Crippen LogP contribution in [0.3, 0.4) is 0 Å². The van der Waals surface area contributed by atoms with Crippen molar-refractivity contribution in [3.05, 3.63) is 64.6 Å². The van der Waals surface area contributed by atoms with Crippen molar-refractivity contribution in [2.45, 2.75) is 19.9 Å². The molecule has 2 heterocycles. The Hall–Kier alpha value is -2.33. The van der Waals surface area contributed by atoms with Gasteiger partial charge in [-0.3, -0.25) is 9.78 Å². The summed E-state index contributed by atoms with van der Waals surface area (Å²) in [5, 5.41) is 1.82. The molecule has 0 unspecified atom stereocenters. The van der Waals surface area contributed by atoms with Gasteiger partial charge in [-0.2, -0.15) is 0 Å². The Kier molecular flexibility index (Phi) is 4.58. The minimum absolute atomic E-state index is 0.0628. The number of carbonyl (C=O) groups excluding carboxylic acids is 1. The van der Waals surface area contributed by atoms with Crippen molar-refractivity contribution < 1.29 is 4.79 Å². The number of nitrogens with zero attached hydrogens (tertiary/aromatic N) is 3. The van der Waals surface area contributed by atoms with Crippen molar-refractivity contribution in [1.29, 1.82) is 0 Å². The van der Waals surface area contributed by atoms with Crippen molar-refractivity contribution in [1.82, 2.24) is 14.5 Å². The summed E-state index contributed by atoms with van der Waals surface area (Å²) < 4.78 is 1.96. The number of likely N-dealkylation sites (N-methyl/N-ethyl adjacent to an activating group) is 1. The summed E-state index contributed by atoms with van der Waals surface area (Å²) in [4.78, 5) is 18.1. The van der Waals surface area contributed by atoms with Crippen LogP contribution in [-0.4, -0.2) is 34.5 Å². The van der Waals surface area contributed by atoms with Crippen LogP contribution in [0.5, 0.6) is 0 Å². The number of hydrogen-bond donors (Lipinski definition) is 0. The molecule has 0 spiro atoms. The highest BCUT2D eigenvalue weighted by Crippen LogP contribution is 2.26. The second kappa shape index (κ2) is 6.65. The zero-order chi connectivity index (χ0) is 17.3. The highest BCUT2D eigenvalue weighted by Gasteiger charge is 2.13. The largest absolute Gasteiger partial charge is 0.347 e. The number of aromatic nitrogens is 2. The number of aryl methyl sites for hydroxylation is 1. The molecule has 2 aromatic heterocycles. The smallest absolute Gasteiger partial charge is 0.241 e. The van der Waals surface area contributed by atoms with E-state index < -0.39 is 0 Å². The Bertz CT molecular complexity index is 879. The number of halogens is 1. The van der Waals surface area contributed by atoms with E-state index in [4.69, 9.17) is 11.6 Å². The fraction of sp³-hybridized carbons (Fsp3) is 0.263. The first-order valence-electron chi connectivity index (χ1n) is 7.84. The number of hydrogen-bond acceptors (Lipinski definition) is 2. The van der Waals surface area contributed by atoms with Gasteiger partial charge in [-0.1, -0.05) is 23.7 Å². The predicted octanol–water partition coefficient (Wildman–Crippen LogP) is 3.68. The molecule has 0 aliphatic heterocycles. The molecule has 3 rings (SSSR count). The summed E-state index contributed by atoms with van der Waals surface area (Å²) >= 11 is 6.36. The quantitative estimate of drug-likeness (QED) is 0.726. The molecule has 1 aromatic carbocycles. The maximum atomic E-state index is 12.0. The van der Waals surface area contributed by atoms with Crippen molar-refractivity contribution in [3.63, 3.8) is 0 Å². The van der Waals surface area contributed by atoms with E-state index in [1.165, 1.54) is 0 Å². The van der Waals surface area contributed by atoms with Gasteiger partial charge in [0.25, 0.3) is 0 Å². The average molecular weight is 342 g/mol. The van der Waals surface area contributed by atoms with Crippen LogP contribution < -0.4 is 0 Å². The topological polar surface area (TPSA) is 38.1 Å². The lowest BCUT2D eigenvalue weighted by Gasteiger charge is -2.12. The number of pyridine rings is 1. The molecule has 124 valence electrons. The van der Waals surface area contributed by atoms with E-state index in [0.717, 1.165) is 32.7 Å². The average Bonchev–Trinajstić information content (AvgIpc) is 2.95. The number of benzene rings is 1. The Balaban J connectivity index is 1.99. The molecule has 1 amide bonds. The monoisotopic (exact) mass is 341 g/mol. The predicted molar refractivity (Wildman–Crippen MR) is 97.4 cm³/mol. The second-order valence-electron chi connectivity index (χ2n) is 6.13. The fourth-order valence-electron chi connectivity index (χ4n) is 2.81.